The summed E-state index contributed by atoms with van der Waals surface area (Å²) in [5, 5.41) is 10.6. The van der Waals surface area contributed by atoms with E-state index in [1.54, 1.807) is 0 Å². The summed E-state index contributed by atoms with van der Waals surface area (Å²) >= 11 is 0. The molecule has 600 valence electrons. The molecule has 0 radical (unpaired) electrons. The highest BCUT2D eigenvalue weighted by Crippen LogP contribution is 2.45. The molecule has 19 heteroatoms. The van der Waals surface area contributed by atoms with E-state index in [9.17, 15) is 43.2 Å². The predicted molar refractivity (Wildman–Crippen MR) is 414 cm³/mol. The van der Waals surface area contributed by atoms with Crippen molar-refractivity contribution >= 4 is 39.5 Å². The van der Waals surface area contributed by atoms with Crippen molar-refractivity contribution in [1.82, 2.24) is 0 Å². The van der Waals surface area contributed by atoms with Gasteiger partial charge in [0.15, 0.2) is 12.2 Å². The smallest absolute Gasteiger partial charge is 0.462 e. The molecule has 3 N–H and O–H groups in total. The average molecular weight is 1480 g/mol. The summed E-state index contributed by atoms with van der Waals surface area (Å²) in [6.45, 7) is 7.29. The maximum Gasteiger partial charge on any atom is 0.472 e. The molecule has 0 aromatic carbocycles. The fraction of sp³-hybridized carbons (Fsp3) is 0.951. The van der Waals surface area contributed by atoms with Crippen LogP contribution in [0.1, 0.15) is 439 Å². The highest BCUT2D eigenvalue weighted by atomic mass is 31.2. The first-order valence-corrected chi connectivity index (χ1v) is 45.6. The lowest BCUT2D eigenvalue weighted by molar-refractivity contribution is -0.161. The van der Waals surface area contributed by atoms with E-state index in [-0.39, 0.29) is 25.7 Å². The molecular formula is C82H160O17P2. The summed E-state index contributed by atoms with van der Waals surface area (Å²) in [5.74, 6) is -1.37. The summed E-state index contributed by atoms with van der Waals surface area (Å²) in [4.78, 5) is 73.0. The van der Waals surface area contributed by atoms with Crippen LogP contribution in [-0.4, -0.2) is 96.7 Å². The van der Waals surface area contributed by atoms with Crippen LogP contribution in [0.3, 0.4) is 0 Å². The standard InChI is InChI=1S/C82H160O17P2/c1-6-9-12-15-18-21-23-25-27-29-31-32-34-36-38-40-42-47-52-57-62-67-81(86)98-78(72-93-80(85)66-61-56-51-46-41-39-37-35-33-30-28-26-24-22-19-16-13-10-7-2)74-97-101(90,91)95-70-76(83)69-94-100(88,89)96-73-77(71-92-79(84)65-60-55-50-44-20-17-14-11-8-3)99-82(87)68-63-58-53-48-43-45-49-54-59-64-75(4)5/h75-78,83H,6-74H2,1-5H3,(H,88,89)(H,90,91)/t76-,77+,78+/m0/s1. The van der Waals surface area contributed by atoms with Crippen molar-refractivity contribution in [1.29, 1.82) is 0 Å². The van der Waals surface area contributed by atoms with Crippen LogP contribution >= 0.6 is 15.6 Å². The van der Waals surface area contributed by atoms with Crippen LogP contribution in [0.25, 0.3) is 0 Å². The third-order valence-corrected chi connectivity index (χ3v) is 21.2. The number of rotatable bonds is 82. The quantitative estimate of drug-likeness (QED) is 0.0222. The van der Waals surface area contributed by atoms with Crippen LogP contribution in [0, 0.1) is 5.92 Å². The summed E-state index contributed by atoms with van der Waals surface area (Å²) in [7, 11) is -9.92. The van der Waals surface area contributed by atoms with E-state index < -0.39 is 97.5 Å². The Hall–Kier alpha value is -1.94. The van der Waals surface area contributed by atoms with E-state index in [0.29, 0.717) is 25.7 Å². The van der Waals surface area contributed by atoms with Gasteiger partial charge in [0.1, 0.15) is 19.3 Å². The summed E-state index contributed by atoms with van der Waals surface area (Å²) in [5.41, 5.74) is 0. The first-order valence-electron chi connectivity index (χ1n) is 42.6. The molecule has 0 saturated heterocycles. The Morgan fingerprint density at radius 2 is 0.455 bits per heavy atom. The van der Waals surface area contributed by atoms with Gasteiger partial charge >= 0.3 is 39.5 Å². The summed E-state index contributed by atoms with van der Waals surface area (Å²) in [6, 6.07) is 0. The second-order valence-electron chi connectivity index (χ2n) is 30.0. The van der Waals surface area contributed by atoms with Crippen molar-refractivity contribution < 1.29 is 80.2 Å². The zero-order valence-corrected chi connectivity index (χ0v) is 67.8. The predicted octanol–water partition coefficient (Wildman–Crippen LogP) is 24.8. The fourth-order valence-electron chi connectivity index (χ4n) is 12.8. The summed E-state index contributed by atoms with van der Waals surface area (Å²) < 4.78 is 68.7. The number of carbonyl (C=O) groups is 4. The van der Waals surface area contributed by atoms with Gasteiger partial charge in [0.05, 0.1) is 26.4 Å². The van der Waals surface area contributed by atoms with Crippen molar-refractivity contribution in [3.8, 4) is 0 Å². The SMILES string of the molecule is CCCCCCCCCCCCCCCCCCCCCCCC(=O)O[C@H](COC(=O)CCCCCCCCCCCCCCCCCCCCC)COP(=O)(O)OC[C@@H](O)COP(=O)(O)OC[C@@H](COC(=O)CCCCCCCCCCC)OC(=O)CCCCCCCCCCCC(C)C. The van der Waals surface area contributed by atoms with Gasteiger partial charge in [-0.3, -0.25) is 37.3 Å². The van der Waals surface area contributed by atoms with Gasteiger partial charge in [-0.05, 0) is 31.6 Å². The highest BCUT2D eigenvalue weighted by molar-refractivity contribution is 7.47. The number of phosphoric ester groups is 2. The Kier molecular flexibility index (Phi) is 73.5. The molecule has 2 unspecified atom stereocenters. The van der Waals surface area contributed by atoms with Gasteiger partial charge in [-0.25, -0.2) is 9.13 Å². The van der Waals surface area contributed by atoms with Crippen LogP contribution in [-0.2, 0) is 65.4 Å². The molecule has 0 amide bonds. The van der Waals surface area contributed by atoms with Gasteiger partial charge in [-0.15, -0.1) is 0 Å². The van der Waals surface area contributed by atoms with Gasteiger partial charge in [-0.2, -0.15) is 0 Å². The lowest BCUT2D eigenvalue weighted by Crippen LogP contribution is -2.30. The first kappa shape index (κ1) is 99.1. The van der Waals surface area contributed by atoms with Crippen LogP contribution in [0.5, 0.6) is 0 Å². The maximum atomic E-state index is 13.1. The first-order chi connectivity index (χ1) is 49.0. The minimum absolute atomic E-state index is 0.106. The van der Waals surface area contributed by atoms with Gasteiger partial charge < -0.3 is 33.8 Å². The monoisotopic (exact) mass is 1480 g/mol. The number of aliphatic hydroxyl groups excluding tert-OH is 1. The minimum Gasteiger partial charge on any atom is -0.462 e. The third kappa shape index (κ3) is 76.1. The molecule has 0 aliphatic carbocycles. The number of aliphatic hydroxyl groups is 1. The molecule has 0 aromatic heterocycles. The van der Waals surface area contributed by atoms with E-state index >= 15 is 0 Å². The largest absolute Gasteiger partial charge is 0.472 e. The number of phosphoric acid groups is 2. The second kappa shape index (κ2) is 74.9. The van der Waals surface area contributed by atoms with Crippen LogP contribution in [0.2, 0.25) is 0 Å². The molecule has 0 aliphatic rings. The molecule has 0 aliphatic heterocycles. The molecule has 0 rings (SSSR count). The molecule has 0 bridgehead atoms. The number of hydrogen-bond donors (Lipinski definition) is 3. The van der Waals surface area contributed by atoms with Gasteiger partial charge in [-0.1, -0.05) is 388 Å². The number of unbranched alkanes of at least 4 members (excludes halogenated alkanes) is 54. The number of carbonyl (C=O) groups excluding carboxylic acids is 4. The Morgan fingerprint density at radius 1 is 0.267 bits per heavy atom. The van der Waals surface area contributed by atoms with E-state index in [0.717, 1.165) is 95.8 Å². The van der Waals surface area contributed by atoms with Crippen LogP contribution < -0.4 is 0 Å². The molecule has 5 atom stereocenters. The fourth-order valence-corrected chi connectivity index (χ4v) is 14.3. The Morgan fingerprint density at radius 3 is 0.673 bits per heavy atom. The maximum absolute atomic E-state index is 13.1. The molecule has 0 spiro atoms. The van der Waals surface area contributed by atoms with Gasteiger partial charge in [0, 0.05) is 25.7 Å². The zero-order chi connectivity index (χ0) is 74.1. The molecule has 0 saturated carbocycles. The Bertz CT molecular complexity index is 1930. The molecule has 0 heterocycles. The van der Waals surface area contributed by atoms with Gasteiger partial charge in [0.2, 0.25) is 0 Å². The molecule has 0 aromatic rings. The van der Waals surface area contributed by atoms with Crippen LogP contribution in [0.15, 0.2) is 0 Å². The molecular weight excluding hydrogens is 1320 g/mol. The van der Waals surface area contributed by atoms with E-state index in [1.807, 2.05) is 0 Å². The molecule has 17 nitrogen and oxygen atoms in total. The van der Waals surface area contributed by atoms with Crippen molar-refractivity contribution in [2.24, 2.45) is 5.92 Å². The number of esters is 4. The highest BCUT2D eigenvalue weighted by Gasteiger charge is 2.30. The minimum atomic E-state index is -4.96. The molecule has 0 fully saturated rings. The lowest BCUT2D eigenvalue weighted by atomic mass is 10.0. The lowest BCUT2D eigenvalue weighted by Gasteiger charge is -2.21. The van der Waals surface area contributed by atoms with E-state index in [1.165, 1.54) is 263 Å². The van der Waals surface area contributed by atoms with Crippen LogP contribution in [0.4, 0.5) is 0 Å². The number of ether oxygens (including phenoxy) is 4. The average Bonchev–Trinajstić information content (AvgIpc) is 1.33. The van der Waals surface area contributed by atoms with Crippen molar-refractivity contribution in [3.63, 3.8) is 0 Å². The van der Waals surface area contributed by atoms with E-state index in [2.05, 4.69) is 34.6 Å². The Labute approximate surface area is 619 Å². The Balaban J connectivity index is 5.19. The zero-order valence-electron chi connectivity index (χ0n) is 66.1. The number of hydrogen-bond acceptors (Lipinski definition) is 15. The van der Waals surface area contributed by atoms with Crippen molar-refractivity contribution in [3.05, 3.63) is 0 Å². The van der Waals surface area contributed by atoms with Crippen molar-refractivity contribution in [2.45, 2.75) is 457 Å². The summed E-state index contributed by atoms with van der Waals surface area (Å²) in [6.07, 6.45) is 66.8. The van der Waals surface area contributed by atoms with E-state index in [4.69, 9.17) is 37.0 Å². The van der Waals surface area contributed by atoms with Gasteiger partial charge in [0.25, 0.3) is 0 Å². The van der Waals surface area contributed by atoms with Crippen molar-refractivity contribution in [2.75, 3.05) is 39.6 Å². The topological polar surface area (TPSA) is 237 Å². The second-order valence-corrected chi connectivity index (χ2v) is 32.9. The normalized spacial score (nSPS) is 13.8. The molecule has 101 heavy (non-hydrogen) atoms. The third-order valence-electron chi connectivity index (χ3n) is 19.3.